The molecule has 1 aromatic heterocycles. The number of carbonyl (C=O) groups excluding carboxylic acids is 1. The van der Waals surface area contributed by atoms with Crippen LogP contribution in [0.1, 0.15) is 54.3 Å². The molecule has 2 aromatic rings. The van der Waals surface area contributed by atoms with Crippen molar-refractivity contribution in [3.05, 3.63) is 40.1 Å². The van der Waals surface area contributed by atoms with Gasteiger partial charge in [-0.25, -0.2) is 0 Å². The van der Waals surface area contributed by atoms with Gasteiger partial charge in [0.2, 0.25) is 0 Å². The number of aryl methyl sites for hydroxylation is 1. The third-order valence-electron chi connectivity index (χ3n) is 4.27. The number of rotatable bonds is 5. The number of halogens is 1. The summed E-state index contributed by atoms with van der Waals surface area (Å²) in [6.07, 6.45) is 6.23. The Morgan fingerprint density at radius 1 is 1.22 bits per heavy atom. The van der Waals surface area contributed by atoms with Gasteiger partial charge >= 0.3 is 0 Å². The van der Waals surface area contributed by atoms with Gasteiger partial charge in [-0.15, -0.1) is 10.2 Å². The number of carbonyl (C=O) groups is 1. The first-order valence-electron chi connectivity index (χ1n) is 7.98. The molecule has 1 heterocycles. The van der Waals surface area contributed by atoms with E-state index >= 15 is 0 Å². The number of nitrogens with zero attached hydrogens (tertiary/aromatic N) is 3. The summed E-state index contributed by atoms with van der Waals surface area (Å²) in [5.41, 5.74) is 0.737. The molecule has 3 rings (SSSR count). The summed E-state index contributed by atoms with van der Waals surface area (Å²) < 4.78 is 3.22. The maximum absolute atomic E-state index is 12.3. The molecule has 0 N–H and O–H groups in total. The molecule has 0 bridgehead atoms. The van der Waals surface area contributed by atoms with Crippen LogP contribution in [0.3, 0.4) is 0 Å². The van der Waals surface area contributed by atoms with Crippen LogP contribution in [0.25, 0.3) is 0 Å². The highest BCUT2D eigenvalue weighted by Crippen LogP contribution is 2.32. The van der Waals surface area contributed by atoms with Crippen molar-refractivity contribution in [2.24, 2.45) is 0 Å². The zero-order valence-electron chi connectivity index (χ0n) is 13.2. The van der Waals surface area contributed by atoms with Gasteiger partial charge in [0.05, 0.1) is 5.75 Å². The van der Waals surface area contributed by atoms with Crippen molar-refractivity contribution in [3.63, 3.8) is 0 Å². The van der Waals surface area contributed by atoms with E-state index in [-0.39, 0.29) is 5.78 Å². The smallest absolute Gasteiger partial charge is 0.191 e. The van der Waals surface area contributed by atoms with Crippen LogP contribution in [0, 0.1) is 6.92 Å². The molecule has 6 heteroatoms. The summed E-state index contributed by atoms with van der Waals surface area (Å²) >= 11 is 4.89. The summed E-state index contributed by atoms with van der Waals surface area (Å²) in [5.74, 6) is 1.47. The minimum atomic E-state index is 0.123. The lowest BCUT2D eigenvalue weighted by Gasteiger charge is -2.24. The lowest BCUT2D eigenvalue weighted by molar-refractivity contribution is 0.102. The standard InChI is InChI=1S/C17H20BrN3OS/c1-12-19-20-17(21(12)15-5-3-2-4-6-15)23-11-16(22)13-7-9-14(18)10-8-13/h7-10,15H,2-6,11H2,1H3. The van der Waals surface area contributed by atoms with Crippen molar-refractivity contribution in [1.29, 1.82) is 0 Å². The van der Waals surface area contributed by atoms with Crippen molar-refractivity contribution in [1.82, 2.24) is 14.8 Å². The van der Waals surface area contributed by atoms with Gasteiger partial charge in [0.1, 0.15) is 5.82 Å². The zero-order valence-corrected chi connectivity index (χ0v) is 15.6. The average Bonchev–Trinajstić information content (AvgIpc) is 2.95. The normalized spacial score (nSPS) is 15.7. The fraction of sp³-hybridized carbons (Fsp3) is 0.471. The van der Waals surface area contributed by atoms with E-state index in [9.17, 15) is 4.79 Å². The molecule has 0 saturated heterocycles. The molecule has 23 heavy (non-hydrogen) atoms. The summed E-state index contributed by atoms with van der Waals surface area (Å²) in [7, 11) is 0. The molecule has 122 valence electrons. The van der Waals surface area contributed by atoms with Gasteiger partial charge in [-0.3, -0.25) is 4.79 Å². The minimum absolute atomic E-state index is 0.123. The quantitative estimate of drug-likeness (QED) is 0.538. The van der Waals surface area contributed by atoms with Gasteiger partial charge in [0.25, 0.3) is 0 Å². The van der Waals surface area contributed by atoms with E-state index in [4.69, 9.17) is 0 Å². The van der Waals surface area contributed by atoms with Crippen molar-refractivity contribution >= 4 is 33.5 Å². The lowest BCUT2D eigenvalue weighted by Crippen LogP contribution is -2.15. The van der Waals surface area contributed by atoms with Crippen molar-refractivity contribution in [3.8, 4) is 0 Å². The molecule has 0 atom stereocenters. The first-order valence-corrected chi connectivity index (χ1v) is 9.76. The van der Waals surface area contributed by atoms with Gasteiger partial charge in [0.15, 0.2) is 10.9 Å². The van der Waals surface area contributed by atoms with E-state index in [0.29, 0.717) is 11.8 Å². The Morgan fingerprint density at radius 3 is 2.61 bits per heavy atom. The number of ketones is 1. The maximum atomic E-state index is 12.3. The van der Waals surface area contributed by atoms with Crippen LogP contribution in [0.4, 0.5) is 0 Å². The highest BCUT2D eigenvalue weighted by atomic mass is 79.9. The fourth-order valence-electron chi connectivity index (χ4n) is 3.06. The lowest BCUT2D eigenvalue weighted by atomic mass is 9.95. The molecule has 0 amide bonds. The third kappa shape index (κ3) is 4.04. The Labute approximate surface area is 149 Å². The molecule has 4 nitrogen and oxygen atoms in total. The monoisotopic (exact) mass is 393 g/mol. The van der Waals surface area contributed by atoms with E-state index in [1.165, 1.54) is 43.9 Å². The zero-order chi connectivity index (χ0) is 16.2. The fourth-order valence-corrected chi connectivity index (χ4v) is 4.27. The van der Waals surface area contributed by atoms with Crippen LogP contribution in [-0.4, -0.2) is 26.3 Å². The van der Waals surface area contributed by atoms with Crippen molar-refractivity contribution in [2.45, 2.75) is 50.2 Å². The van der Waals surface area contributed by atoms with Crippen LogP contribution in [0.15, 0.2) is 33.9 Å². The Kier molecular flexibility index (Phi) is 5.54. The number of hydrogen-bond donors (Lipinski definition) is 0. The summed E-state index contributed by atoms with van der Waals surface area (Å²) in [4.78, 5) is 12.3. The predicted octanol–water partition coefficient (Wildman–Crippen LogP) is 4.83. The molecular formula is C17H20BrN3OS. The summed E-state index contributed by atoms with van der Waals surface area (Å²) in [6, 6.07) is 7.98. The Bertz CT molecular complexity index is 678. The predicted molar refractivity (Wildman–Crippen MR) is 96.1 cm³/mol. The third-order valence-corrected chi connectivity index (χ3v) is 5.75. The minimum Gasteiger partial charge on any atom is -0.303 e. The van der Waals surface area contributed by atoms with Crippen LogP contribution < -0.4 is 0 Å². The Morgan fingerprint density at radius 2 is 1.91 bits per heavy atom. The van der Waals surface area contributed by atoms with Crippen LogP contribution >= 0.6 is 27.7 Å². The second-order valence-electron chi connectivity index (χ2n) is 5.91. The summed E-state index contributed by atoms with van der Waals surface area (Å²) in [6.45, 7) is 2.00. The number of aromatic nitrogens is 3. The number of benzene rings is 1. The largest absolute Gasteiger partial charge is 0.303 e. The van der Waals surface area contributed by atoms with Gasteiger partial charge in [-0.05, 0) is 31.9 Å². The first-order chi connectivity index (χ1) is 11.1. The molecule has 1 aromatic carbocycles. The highest BCUT2D eigenvalue weighted by Gasteiger charge is 2.21. The Balaban J connectivity index is 1.68. The highest BCUT2D eigenvalue weighted by molar-refractivity contribution is 9.10. The first kappa shape index (κ1) is 16.7. The maximum Gasteiger partial charge on any atom is 0.191 e. The van der Waals surface area contributed by atoms with E-state index in [2.05, 4.69) is 30.7 Å². The van der Waals surface area contributed by atoms with Gasteiger partial charge in [-0.2, -0.15) is 0 Å². The second-order valence-corrected chi connectivity index (χ2v) is 7.77. The van der Waals surface area contributed by atoms with Crippen molar-refractivity contribution < 1.29 is 4.79 Å². The van der Waals surface area contributed by atoms with E-state index < -0.39 is 0 Å². The summed E-state index contributed by atoms with van der Waals surface area (Å²) in [5, 5.41) is 9.39. The number of Topliss-reactive ketones (excluding diaryl/α,β-unsaturated/α-hetero) is 1. The van der Waals surface area contributed by atoms with E-state index in [0.717, 1.165) is 21.0 Å². The molecule has 1 saturated carbocycles. The van der Waals surface area contributed by atoms with Gasteiger partial charge < -0.3 is 4.57 Å². The van der Waals surface area contributed by atoms with E-state index in [1.54, 1.807) is 0 Å². The molecule has 1 aliphatic carbocycles. The van der Waals surface area contributed by atoms with Gasteiger partial charge in [0, 0.05) is 16.1 Å². The van der Waals surface area contributed by atoms with E-state index in [1.807, 2.05) is 31.2 Å². The molecule has 1 fully saturated rings. The molecular weight excluding hydrogens is 374 g/mol. The van der Waals surface area contributed by atoms with Crippen LogP contribution in [-0.2, 0) is 0 Å². The molecule has 0 aliphatic heterocycles. The molecule has 0 unspecified atom stereocenters. The number of thioether (sulfide) groups is 1. The molecule has 1 aliphatic rings. The topological polar surface area (TPSA) is 47.8 Å². The van der Waals surface area contributed by atoms with Crippen molar-refractivity contribution in [2.75, 3.05) is 5.75 Å². The second kappa shape index (κ2) is 7.62. The Hall–Kier alpha value is -1.14. The number of hydrogen-bond acceptors (Lipinski definition) is 4. The van der Waals surface area contributed by atoms with Crippen LogP contribution in [0.2, 0.25) is 0 Å². The van der Waals surface area contributed by atoms with Gasteiger partial charge in [-0.1, -0.05) is 59.1 Å². The van der Waals surface area contributed by atoms with Crippen LogP contribution in [0.5, 0.6) is 0 Å². The SMILES string of the molecule is Cc1nnc(SCC(=O)c2ccc(Br)cc2)n1C1CCCCC1. The average molecular weight is 394 g/mol. The molecule has 0 spiro atoms. The molecule has 0 radical (unpaired) electrons.